The Kier molecular flexibility index (Phi) is 18.9. The van der Waals surface area contributed by atoms with E-state index in [0.29, 0.717) is 58.0 Å². The number of ketones is 1. The predicted molar refractivity (Wildman–Crippen MR) is 235 cm³/mol. The Morgan fingerprint density at radius 1 is 0.767 bits per heavy atom. The summed E-state index contributed by atoms with van der Waals surface area (Å²) >= 11 is 12.7. The monoisotopic (exact) mass is 851 g/mol. The minimum Gasteiger partial charge on any atom is -0.420 e. The van der Waals surface area contributed by atoms with Crippen LogP contribution >= 0.6 is 23.2 Å². The maximum Gasteiger partial charge on any atom is 0.247 e. The number of carbonyl (C=O) groups excluding carboxylic acids is 2. The number of nitrogens with zero attached hydrogens (tertiary/aromatic N) is 4. The van der Waals surface area contributed by atoms with Crippen LogP contribution in [0.3, 0.4) is 0 Å². The van der Waals surface area contributed by atoms with E-state index in [9.17, 15) is 19.8 Å². The van der Waals surface area contributed by atoms with E-state index < -0.39 is 24.0 Å². The van der Waals surface area contributed by atoms with Crippen molar-refractivity contribution in [1.82, 2.24) is 15.5 Å². The third kappa shape index (κ3) is 13.0. The summed E-state index contributed by atoms with van der Waals surface area (Å²) in [5, 5.41) is 32.2. The number of benzene rings is 4. The summed E-state index contributed by atoms with van der Waals surface area (Å²) in [6.07, 6.45) is 3.04. The van der Waals surface area contributed by atoms with Crippen molar-refractivity contribution in [3.05, 3.63) is 152 Å². The lowest BCUT2D eigenvalue weighted by molar-refractivity contribution is -0.127. The van der Waals surface area contributed by atoms with Crippen molar-refractivity contribution in [2.75, 3.05) is 19.8 Å². The first-order valence-corrected chi connectivity index (χ1v) is 20.7. The van der Waals surface area contributed by atoms with Gasteiger partial charge in [0.15, 0.2) is 5.78 Å². The Balaban J connectivity index is 0.000000236. The number of aliphatic hydroxyl groups excluding tert-OH is 2. The minimum absolute atomic E-state index is 0.135. The molecule has 4 atom stereocenters. The molecule has 0 aliphatic carbocycles. The number of ether oxygens (including phenoxy) is 1. The highest BCUT2D eigenvalue weighted by Gasteiger charge is 2.28. The Morgan fingerprint density at radius 3 is 1.77 bits per heavy atom. The number of hydrogen-bond donors (Lipinski definition) is 3. The van der Waals surface area contributed by atoms with Gasteiger partial charge in [0.1, 0.15) is 0 Å². The van der Waals surface area contributed by atoms with Gasteiger partial charge in [-0.1, -0.05) is 110 Å². The van der Waals surface area contributed by atoms with Gasteiger partial charge >= 0.3 is 0 Å². The van der Waals surface area contributed by atoms with Crippen LogP contribution < -0.4 is 5.32 Å². The summed E-state index contributed by atoms with van der Waals surface area (Å²) in [4.78, 5) is 31.7. The first kappa shape index (κ1) is 47.3. The fraction of sp³-hybridized carbons (Fsp3) is 0.362. The second-order valence-electron chi connectivity index (χ2n) is 14.2. The number of rotatable bonds is 14. The lowest BCUT2D eigenvalue weighted by atomic mass is 9.90. The third-order valence-corrected chi connectivity index (χ3v) is 10.9. The van der Waals surface area contributed by atoms with Crippen LogP contribution in [0.15, 0.2) is 89.3 Å². The van der Waals surface area contributed by atoms with Gasteiger partial charge in [0.2, 0.25) is 29.1 Å². The maximum atomic E-state index is 12.6. The molecule has 1 fully saturated rings. The summed E-state index contributed by atoms with van der Waals surface area (Å²) in [6, 6.07) is 25.2. The van der Waals surface area contributed by atoms with Crippen LogP contribution in [0.2, 0.25) is 10.0 Å². The third-order valence-electron chi connectivity index (χ3n) is 10.1. The molecule has 3 N–H and O–H groups in total. The van der Waals surface area contributed by atoms with E-state index in [4.69, 9.17) is 45.5 Å². The highest BCUT2D eigenvalue weighted by molar-refractivity contribution is 6.34. The average Bonchev–Trinajstić information content (AvgIpc) is 4.02. The Hall–Kier alpha value is -5.40. The van der Waals surface area contributed by atoms with Crippen molar-refractivity contribution >= 4 is 46.3 Å². The number of halogens is 2. The van der Waals surface area contributed by atoms with Gasteiger partial charge in [-0.2, -0.15) is 0 Å². The van der Waals surface area contributed by atoms with E-state index in [1.807, 2.05) is 56.3 Å². The number of hydrogen-bond acceptors (Lipinski definition) is 8. The number of Topliss-reactive ketones (excluding diaryl/α,β-unsaturated/α-hetero) is 1. The van der Waals surface area contributed by atoms with E-state index in [2.05, 4.69) is 25.2 Å². The zero-order valence-corrected chi connectivity index (χ0v) is 35.8. The highest BCUT2D eigenvalue weighted by atomic mass is 35.5. The normalized spacial score (nSPS) is 13.8. The van der Waals surface area contributed by atoms with Gasteiger partial charge in [-0.05, 0) is 86.8 Å². The molecule has 1 saturated heterocycles. The second kappa shape index (κ2) is 24.0. The van der Waals surface area contributed by atoms with Crippen LogP contribution in [-0.4, -0.2) is 64.1 Å². The molecule has 1 amide bonds. The first-order valence-electron chi connectivity index (χ1n) is 20.0. The Labute approximate surface area is 362 Å². The van der Waals surface area contributed by atoms with E-state index in [-0.39, 0.29) is 24.7 Å². The Bertz CT molecular complexity index is 2240. The molecule has 5 aromatic rings. The van der Waals surface area contributed by atoms with E-state index in [1.54, 1.807) is 56.3 Å². The maximum absolute atomic E-state index is 12.6. The molecule has 0 spiro atoms. The molecule has 1 aliphatic heterocycles. The van der Waals surface area contributed by atoms with Crippen LogP contribution in [-0.2, 0) is 35.2 Å². The lowest BCUT2D eigenvalue weighted by Crippen LogP contribution is -2.40. The van der Waals surface area contributed by atoms with Gasteiger partial charge in [-0.3, -0.25) is 9.59 Å². The van der Waals surface area contributed by atoms with Crippen LogP contribution in [0.5, 0.6) is 0 Å². The molecular weight excluding hydrogens is 801 g/mol. The zero-order valence-electron chi connectivity index (χ0n) is 34.3. The summed E-state index contributed by atoms with van der Waals surface area (Å²) in [7, 11) is 0. The summed E-state index contributed by atoms with van der Waals surface area (Å²) in [6.45, 7) is 23.4. The number of aliphatic hydroxyl groups is 2. The van der Waals surface area contributed by atoms with Crippen LogP contribution in [0.4, 0.5) is 11.4 Å². The van der Waals surface area contributed by atoms with Gasteiger partial charge in [-0.25, -0.2) is 9.69 Å². The molecule has 13 heteroatoms. The summed E-state index contributed by atoms with van der Waals surface area (Å²) in [5.41, 5.74) is 5.66. The standard InChI is InChI=1S/C22H23ClN2O3.C21H20ClN3O2.C4H8O/c1-4-17-16(10-11-19(24-3)21(17)23)12-18(14(2)26)22(28)25-13-20(27)15-8-6-5-7-9-15;1-4-16-15(10-11-18(23-3)19(16)22)12-17(13(2)26)21-25-24-20(27-21)14-8-6-5-7-9-14;1-2-4-5-3-1/h5-11,14,18,26H,4,12-13H2,1-2H3,(H,25,28);5-11,13,17,26H,4,12H2,1-2H3;1-4H2/t14-,18+;13-,17+;/m00./s1. The highest BCUT2D eigenvalue weighted by Crippen LogP contribution is 2.36. The predicted octanol–water partition coefficient (Wildman–Crippen LogP) is 10.00. The van der Waals surface area contributed by atoms with E-state index in [1.165, 1.54) is 12.8 Å². The average molecular weight is 853 g/mol. The van der Waals surface area contributed by atoms with Crippen molar-refractivity contribution < 1.29 is 29.0 Å². The second-order valence-corrected chi connectivity index (χ2v) is 15.0. The molecule has 60 heavy (non-hydrogen) atoms. The summed E-state index contributed by atoms with van der Waals surface area (Å²) in [5.74, 6) is -0.882. The molecule has 0 radical (unpaired) electrons. The quantitative estimate of drug-likeness (QED) is 0.0740. The molecule has 1 aromatic heterocycles. The summed E-state index contributed by atoms with van der Waals surface area (Å²) < 4.78 is 10.8. The van der Waals surface area contributed by atoms with Crippen LogP contribution in [0.25, 0.3) is 21.1 Å². The minimum atomic E-state index is -0.907. The van der Waals surface area contributed by atoms with Gasteiger partial charge in [0, 0.05) is 24.3 Å². The Morgan fingerprint density at radius 2 is 1.30 bits per heavy atom. The van der Waals surface area contributed by atoms with Crippen molar-refractivity contribution in [2.45, 2.75) is 84.3 Å². The molecule has 0 saturated carbocycles. The molecule has 4 aromatic carbocycles. The van der Waals surface area contributed by atoms with Gasteiger partial charge in [0.25, 0.3) is 0 Å². The van der Waals surface area contributed by atoms with Crippen molar-refractivity contribution in [3.63, 3.8) is 0 Å². The fourth-order valence-electron chi connectivity index (χ4n) is 6.65. The number of nitrogens with one attached hydrogen (secondary N) is 1. The van der Waals surface area contributed by atoms with Crippen molar-refractivity contribution in [1.29, 1.82) is 0 Å². The molecule has 0 bridgehead atoms. The topological polar surface area (TPSA) is 144 Å². The number of aromatic nitrogens is 2. The molecule has 1 aliphatic rings. The zero-order chi connectivity index (χ0) is 43.6. The van der Waals surface area contributed by atoms with E-state index in [0.717, 1.165) is 41.0 Å². The molecule has 2 heterocycles. The van der Waals surface area contributed by atoms with Gasteiger partial charge in [-0.15, -0.1) is 10.2 Å². The van der Waals surface area contributed by atoms with Crippen molar-refractivity contribution in [3.8, 4) is 11.5 Å². The molecular formula is C47H51Cl2N5O6. The molecule has 314 valence electrons. The smallest absolute Gasteiger partial charge is 0.247 e. The fourth-order valence-corrected chi connectivity index (χ4v) is 7.37. The lowest BCUT2D eigenvalue weighted by Gasteiger charge is -2.21. The SMILES string of the molecule is C1CCOC1.[C-]#[N+]c1ccc(C[C@@H](C(=O)NCC(=O)c2ccccc2)[C@H](C)O)c(CC)c1Cl.[C-]#[N+]c1ccc(C[C@@H](c2nnc(-c3ccccc3)o2)[C@H](C)O)c(CC)c1Cl. The largest absolute Gasteiger partial charge is 0.420 e. The molecule has 0 unspecified atom stereocenters. The van der Waals surface area contributed by atoms with Crippen molar-refractivity contribution in [2.24, 2.45) is 5.92 Å². The molecule has 6 rings (SSSR count). The van der Waals surface area contributed by atoms with Crippen LogP contribution in [0, 0.1) is 19.1 Å². The van der Waals surface area contributed by atoms with E-state index >= 15 is 0 Å². The van der Waals surface area contributed by atoms with Gasteiger partial charge in [0.05, 0.1) is 53.8 Å². The molecule has 11 nitrogen and oxygen atoms in total. The van der Waals surface area contributed by atoms with Gasteiger partial charge < -0.3 is 24.7 Å². The number of amides is 1. The number of carbonyl (C=O) groups is 2. The first-order chi connectivity index (χ1) is 28.9. The van der Waals surface area contributed by atoms with Crippen LogP contribution in [0.1, 0.15) is 85.0 Å².